The fourth-order valence-corrected chi connectivity index (χ4v) is 5.79. The Morgan fingerprint density at radius 3 is 2.66 bits per heavy atom. The number of aryl methyl sites for hydroxylation is 2. The molecule has 1 aliphatic rings. The van der Waals surface area contributed by atoms with Crippen LogP contribution in [0.2, 0.25) is 0 Å². The minimum atomic E-state index is -3.06. The van der Waals surface area contributed by atoms with Crippen LogP contribution in [0.5, 0.6) is 0 Å². The molecule has 1 aromatic carbocycles. The first-order valence-corrected chi connectivity index (χ1v) is 11.4. The lowest BCUT2D eigenvalue weighted by Gasteiger charge is -2.23. The lowest BCUT2D eigenvalue weighted by Crippen LogP contribution is -2.38. The van der Waals surface area contributed by atoms with E-state index in [-0.39, 0.29) is 36.3 Å². The summed E-state index contributed by atoms with van der Waals surface area (Å²) in [5.41, 5.74) is 2.91. The molecule has 2 aromatic heterocycles. The maximum Gasteiger partial charge on any atom is 0.339 e. The van der Waals surface area contributed by atoms with Gasteiger partial charge in [-0.2, -0.15) is 0 Å². The van der Waals surface area contributed by atoms with E-state index >= 15 is 0 Å². The molecule has 7 nitrogen and oxygen atoms in total. The Morgan fingerprint density at radius 2 is 1.97 bits per heavy atom. The number of fused-ring (bicyclic) bond motifs is 2. The topological polar surface area (TPSA) is 97.8 Å². The normalized spacial score (nSPS) is 18.5. The molecule has 1 atom stereocenters. The first kappa shape index (κ1) is 19.7. The van der Waals surface area contributed by atoms with Gasteiger partial charge in [0, 0.05) is 41.9 Å². The van der Waals surface area contributed by atoms with Crippen molar-refractivity contribution >= 4 is 37.7 Å². The van der Waals surface area contributed by atoms with Gasteiger partial charge in [-0.1, -0.05) is 0 Å². The van der Waals surface area contributed by atoms with E-state index in [0.29, 0.717) is 23.2 Å². The summed E-state index contributed by atoms with van der Waals surface area (Å²) in [6, 6.07) is 3.37. The maximum absolute atomic E-state index is 12.6. The molecule has 0 bridgehead atoms. The van der Waals surface area contributed by atoms with Crippen LogP contribution in [0.15, 0.2) is 32.0 Å². The fraction of sp³-hybridized carbons (Fsp3) is 0.429. The van der Waals surface area contributed by atoms with Crippen molar-refractivity contribution in [3.8, 4) is 0 Å². The number of nitrogens with zero attached hydrogens (tertiary/aromatic N) is 1. The zero-order chi connectivity index (χ0) is 20.9. The molecule has 8 heteroatoms. The Balaban J connectivity index is 1.59. The molecule has 0 unspecified atom stereocenters. The van der Waals surface area contributed by atoms with Crippen LogP contribution in [0.4, 0.5) is 0 Å². The number of amides is 1. The number of hydrogen-bond acceptors (Lipinski definition) is 6. The number of carbonyl (C=O) groups is 1. The number of furan rings is 1. The van der Waals surface area contributed by atoms with Crippen molar-refractivity contribution in [2.45, 2.75) is 39.2 Å². The summed E-state index contributed by atoms with van der Waals surface area (Å²) >= 11 is 0. The molecular formula is C21H23NO6S. The molecule has 154 valence electrons. The standard InChI is InChI=1S/C21H23NO6S/c1-12-10-27-18-9-19-17(8-16(12)18)13(2)15(21(24)28-19)4-5-20(23)22(3)14-6-7-29(25,26)11-14/h8-10,14H,4-7,11H2,1-3H3/t14-/m1/s1. The summed E-state index contributed by atoms with van der Waals surface area (Å²) in [6.45, 7) is 3.80. The summed E-state index contributed by atoms with van der Waals surface area (Å²) in [5, 5.41) is 1.78. The molecule has 3 heterocycles. The van der Waals surface area contributed by atoms with Crippen LogP contribution in [-0.4, -0.2) is 43.8 Å². The zero-order valence-electron chi connectivity index (χ0n) is 16.6. The number of carbonyl (C=O) groups excluding carboxylic acids is 1. The van der Waals surface area contributed by atoms with E-state index in [1.165, 1.54) is 4.90 Å². The lowest BCUT2D eigenvalue weighted by molar-refractivity contribution is -0.131. The van der Waals surface area contributed by atoms with Crippen molar-refractivity contribution < 1.29 is 22.0 Å². The van der Waals surface area contributed by atoms with Gasteiger partial charge in [-0.3, -0.25) is 4.79 Å². The van der Waals surface area contributed by atoms with Crippen LogP contribution in [0.25, 0.3) is 21.9 Å². The molecule has 4 rings (SSSR count). The van der Waals surface area contributed by atoms with Gasteiger partial charge in [0.1, 0.15) is 11.2 Å². The van der Waals surface area contributed by atoms with Crippen LogP contribution < -0.4 is 5.63 Å². The second kappa shape index (κ2) is 7.02. The van der Waals surface area contributed by atoms with Gasteiger partial charge in [-0.05, 0) is 43.9 Å². The molecule has 29 heavy (non-hydrogen) atoms. The van der Waals surface area contributed by atoms with E-state index in [1.807, 2.05) is 19.9 Å². The minimum absolute atomic E-state index is 0.00638. The second-order valence-electron chi connectivity index (χ2n) is 7.82. The Bertz CT molecular complexity index is 1280. The Hall–Kier alpha value is -2.61. The quantitative estimate of drug-likeness (QED) is 0.606. The van der Waals surface area contributed by atoms with Gasteiger partial charge < -0.3 is 13.7 Å². The first-order valence-electron chi connectivity index (χ1n) is 9.56. The number of hydrogen-bond donors (Lipinski definition) is 0. The van der Waals surface area contributed by atoms with E-state index in [0.717, 1.165) is 21.9 Å². The van der Waals surface area contributed by atoms with Gasteiger partial charge in [0.25, 0.3) is 0 Å². The SMILES string of the molecule is Cc1coc2cc3oc(=O)c(CCC(=O)N(C)[C@@H]4CCS(=O)(=O)C4)c(C)c3cc12. The summed E-state index contributed by atoms with van der Waals surface area (Å²) < 4.78 is 34.3. The van der Waals surface area contributed by atoms with E-state index < -0.39 is 15.5 Å². The highest BCUT2D eigenvalue weighted by atomic mass is 32.2. The minimum Gasteiger partial charge on any atom is -0.464 e. The van der Waals surface area contributed by atoms with E-state index in [2.05, 4.69) is 0 Å². The molecular weight excluding hydrogens is 394 g/mol. The third-order valence-electron chi connectivity index (χ3n) is 5.91. The first-order chi connectivity index (χ1) is 13.7. The van der Waals surface area contributed by atoms with E-state index in [9.17, 15) is 18.0 Å². The van der Waals surface area contributed by atoms with Crippen LogP contribution >= 0.6 is 0 Å². The van der Waals surface area contributed by atoms with Gasteiger partial charge in [-0.15, -0.1) is 0 Å². The smallest absolute Gasteiger partial charge is 0.339 e. The molecule has 3 aromatic rings. The van der Waals surface area contributed by atoms with Crippen molar-refractivity contribution in [3.63, 3.8) is 0 Å². The lowest BCUT2D eigenvalue weighted by atomic mass is 10.0. The molecule has 1 amide bonds. The fourth-order valence-electron chi connectivity index (χ4n) is 4.02. The third kappa shape index (κ3) is 3.57. The monoisotopic (exact) mass is 417 g/mol. The van der Waals surface area contributed by atoms with Crippen molar-refractivity contribution in [2.75, 3.05) is 18.6 Å². The van der Waals surface area contributed by atoms with Crippen LogP contribution in [0.3, 0.4) is 0 Å². The molecule has 0 aliphatic carbocycles. The molecule has 0 spiro atoms. The Morgan fingerprint density at radius 1 is 1.21 bits per heavy atom. The van der Waals surface area contributed by atoms with Crippen molar-refractivity contribution in [2.24, 2.45) is 0 Å². The largest absolute Gasteiger partial charge is 0.464 e. The summed E-state index contributed by atoms with van der Waals surface area (Å²) in [7, 11) is -1.44. The van der Waals surface area contributed by atoms with Crippen molar-refractivity contribution in [3.05, 3.63) is 45.5 Å². The van der Waals surface area contributed by atoms with Crippen LogP contribution in [0.1, 0.15) is 29.5 Å². The summed E-state index contributed by atoms with van der Waals surface area (Å²) in [5.74, 6) is -0.0519. The highest BCUT2D eigenvalue weighted by Gasteiger charge is 2.32. The van der Waals surface area contributed by atoms with Gasteiger partial charge >= 0.3 is 5.63 Å². The third-order valence-corrected chi connectivity index (χ3v) is 7.66. The maximum atomic E-state index is 12.6. The number of sulfone groups is 1. The number of benzene rings is 1. The predicted molar refractivity (Wildman–Crippen MR) is 110 cm³/mol. The van der Waals surface area contributed by atoms with E-state index in [4.69, 9.17) is 8.83 Å². The van der Waals surface area contributed by atoms with Crippen molar-refractivity contribution in [1.82, 2.24) is 4.90 Å². The molecule has 1 fully saturated rings. The molecule has 0 saturated carbocycles. The summed E-state index contributed by atoms with van der Waals surface area (Å²) in [4.78, 5) is 26.6. The molecule has 0 N–H and O–H groups in total. The van der Waals surface area contributed by atoms with Crippen LogP contribution in [-0.2, 0) is 21.1 Å². The molecule has 1 aliphatic heterocycles. The van der Waals surface area contributed by atoms with E-state index in [1.54, 1.807) is 19.4 Å². The van der Waals surface area contributed by atoms with Gasteiger partial charge in [0.05, 0.1) is 17.8 Å². The summed E-state index contributed by atoms with van der Waals surface area (Å²) in [6.07, 6.45) is 2.49. The molecule has 1 saturated heterocycles. The second-order valence-corrected chi connectivity index (χ2v) is 10.0. The molecule has 0 radical (unpaired) electrons. The average molecular weight is 417 g/mol. The predicted octanol–water partition coefficient (Wildman–Crippen LogP) is 2.73. The van der Waals surface area contributed by atoms with Crippen molar-refractivity contribution in [1.29, 1.82) is 0 Å². The number of rotatable bonds is 4. The van der Waals surface area contributed by atoms with Gasteiger partial charge in [0.15, 0.2) is 9.84 Å². The highest BCUT2D eigenvalue weighted by molar-refractivity contribution is 7.91. The van der Waals surface area contributed by atoms with Crippen LogP contribution in [0, 0.1) is 13.8 Å². The zero-order valence-corrected chi connectivity index (χ0v) is 17.5. The highest BCUT2D eigenvalue weighted by Crippen LogP contribution is 2.29. The Labute approximate surface area is 168 Å². The average Bonchev–Trinajstić information content (AvgIpc) is 3.21. The Kier molecular flexibility index (Phi) is 4.77. The van der Waals surface area contributed by atoms with Gasteiger partial charge in [-0.25, -0.2) is 13.2 Å². The van der Waals surface area contributed by atoms with Gasteiger partial charge in [0.2, 0.25) is 5.91 Å².